The van der Waals surface area contributed by atoms with E-state index in [1.165, 1.54) is 12.0 Å². The predicted octanol–water partition coefficient (Wildman–Crippen LogP) is 2.23. The van der Waals surface area contributed by atoms with Crippen molar-refractivity contribution in [2.45, 2.75) is 13.3 Å². The van der Waals surface area contributed by atoms with Gasteiger partial charge in [-0.1, -0.05) is 0 Å². The molecule has 0 spiro atoms. The van der Waals surface area contributed by atoms with E-state index < -0.39 is 11.7 Å². The molecule has 5 nitrogen and oxygen atoms in total. The molecule has 1 aliphatic heterocycles. The van der Waals surface area contributed by atoms with E-state index in [2.05, 4.69) is 4.98 Å². The number of carbonyl (C=O) groups excluding carboxylic acids is 2. The zero-order valence-corrected chi connectivity index (χ0v) is 12.6. The Morgan fingerprint density at radius 3 is 2.81 bits per heavy atom. The summed E-state index contributed by atoms with van der Waals surface area (Å²) >= 11 is 1.57. The first-order valence-electron chi connectivity index (χ1n) is 6.55. The smallest absolute Gasteiger partial charge is 0.299 e. The average molecular weight is 302 g/mol. The molecule has 0 unspecified atom stereocenters. The van der Waals surface area contributed by atoms with Gasteiger partial charge in [-0.2, -0.15) is 0 Å². The van der Waals surface area contributed by atoms with Gasteiger partial charge in [-0.05, 0) is 25.1 Å². The minimum absolute atomic E-state index is 0.417. The molecule has 108 valence electrons. The van der Waals surface area contributed by atoms with Crippen LogP contribution in [0.15, 0.2) is 23.7 Å². The number of ether oxygens (including phenoxy) is 1. The van der Waals surface area contributed by atoms with E-state index in [9.17, 15) is 9.59 Å². The van der Waals surface area contributed by atoms with Crippen LogP contribution in [-0.2, 0) is 11.2 Å². The number of rotatable bonds is 4. The van der Waals surface area contributed by atoms with Gasteiger partial charge in [0.1, 0.15) is 5.75 Å². The van der Waals surface area contributed by atoms with Crippen molar-refractivity contribution in [3.63, 3.8) is 0 Å². The second-order valence-corrected chi connectivity index (χ2v) is 5.72. The molecule has 0 atom stereocenters. The fraction of sp³-hybridized carbons (Fsp3) is 0.267. The maximum Gasteiger partial charge on any atom is 0.299 e. The van der Waals surface area contributed by atoms with Crippen LogP contribution in [0, 0.1) is 6.92 Å². The van der Waals surface area contributed by atoms with Gasteiger partial charge in [-0.15, -0.1) is 11.3 Å². The molecular formula is C15H14N2O3S. The van der Waals surface area contributed by atoms with Crippen LogP contribution in [0.1, 0.15) is 20.9 Å². The van der Waals surface area contributed by atoms with Crippen LogP contribution in [-0.4, -0.2) is 30.3 Å². The number of ketones is 1. The highest BCUT2D eigenvalue weighted by molar-refractivity contribution is 7.09. The molecule has 21 heavy (non-hydrogen) atoms. The first-order chi connectivity index (χ1) is 10.1. The van der Waals surface area contributed by atoms with Gasteiger partial charge in [-0.3, -0.25) is 9.59 Å². The summed E-state index contributed by atoms with van der Waals surface area (Å²) in [4.78, 5) is 31.0. The number of carbonyl (C=O) groups is 2. The number of aromatic nitrogens is 1. The first-order valence-corrected chi connectivity index (χ1v) is 7.43. The molecule has 2 heterocycles. The second-order valence-electron chi connectivity index (χ2n) is 4.78. The number of benzene rings is 1. The standard InChI is InChI=1S/C15H14N2O3S/c1-9-13(21-8-16-9)5-6-17-12-4-3-10(20-2)7-11(12)14(18)15(17)19/h3-4,7-8H,5-6H2,1-2H3. The van der Waals surface area contributed by atoms with E-state index in [1.54, 1.807) is 35.0 Å². The minimum atomic E-state index is -0.472. The van der Waals surface area contributed by atoms with Crippen molar-refractivity contribution in [3.05, 3.63) is 39.8 Å². The lowest BCUT2D eigenvalue weighted by molar-refractivity contribution is -0.114. The fourth-order valence-electron chi connectivity index (χ4n) is 2.41. The SMILES string of the molecule is COc1ccc2c(c1)C(=O)C(=O)N2CCc1scnc1C. The zero-order chi connectivity index (χ0) is 15.0. The van der Waals surface area contributed by atoms with Crippen molar-refractivity contribution in [1.29, 1.82) is 0 Å². The number of aryl methyl sites for hydroxylation is 1. The molecule has 1 aliphatic rings. The molecule has 0 bridgehead atoms. The molecule has 0 fully saturated rings. The molecule has 1 aromatic carbocycles. The summed E-state index contributed by atoms with van der Waals surface area (Å²) in [5, 5.41) is 0. The van der Waals surface area contributed by atoms with Crippen LogP contribution < -0.4 is 9.64 Å². The number of Topliss-reactive ketones (excluding diaryl/α,β-unsaturated/α-hetero) is 1. The lowest BCUT2D eigenvalue weighted by Crippen LogP contribution is -2.31. The summed E-state index contributed by atoms with van der Waals surface area (Å²) in [6, 6.07) is 5.14. The lowest BCUT2D eigenvalue weighted by atomic mass is 10.1. The quantitative estimate of drug-likeness (QED) is 0.813. The molecule has 0 saturated carbocycles. The van der Waals surface area contributed by atoms with E-state index in [4.69, 9.17) is 4.74 Å². The van der Waals surface area contributed by atoms with Crippen LogP contribution in [0.4, 0.5) is 5.69 Å². The van der Waals surface area contributed by atoms with Gasteiger partial charge < -0.3 is 9.64 Å². The number of fused-ring (bicyclic) bond motifs is 1. The summed E-state index contributed by atoms with van der Waals surface area (Å²) < 4.78 is 5.10. The number of anilines is 1. The van der Waals surface area contributed by atoms with Crippen LogP contribution in [0.2, 0.25) is 0 Å². The number of methoxy groups -OCH3 is 1. The van der Waals surface area contributed by atoms with Gasteiger partial charge in [0.2, 0.25) is 0 Å². The van der Waals surface area contributed by atoms with Crippen molar-refractivity contribution in [1.82, 2.24) is 4.98 Å². The van der Waals surface area contributed by atoms with Gasteiger partial charge in [0.25, 0.3) is 11.7 Å². The predicted molar refractivity (Wildman–Crippen MR) is 80.2 cm³/mol. The summed E-state index contributed by atoms with van der Waals surface area (Å²) in [7, 11) is 1.54. The van der Waals surface area contributed by atoms with Crippen LogP contribution in [0.3, 0.4) is 0 Å². The normalized spacial score (nSPS) is 13.7. The number of amides is 1. The van der Waals surface area contributed by atoms with Crippen molar-refractivity contribution in [2.24, 2.45) is 0 Å². The van der Waals surface area contributed by atoms with Crippen molar-refractivity contribution in [3.8, 4) is 5.75 Å². The maximum atomic E-state index is 12.1. The van der Waals surface area contributed by atoms with Gasteiger partial charge in [0.05, 0.1) is 29.6 Å². The molecule has 2 aromatic rings. The third kappa shape index (κ3) is 2.31. The Kier molecular flexibility index (Phi) is 3.47. The highest BCUT2D eigenvalue weighted by atomic mass is 32.1. The Balaban J connectivity index is 1.86. The lowest BCUT2D eigenvalue weighted by Gasteiger charge is -2.16. The highest BCUT2D eigenvalue weighted by Crippen LogP contribution is 2.32. The van der Waals surface area contributed by atoms with Crippen molar-refractivity contribution < 1.29 is 14.3 Å². The van der Waals surface area contributed by atoms with Crippen molar-refractivity contribution in [2.75, 3.05) is 18.6 Å². The van der Waals surface area contributed by atoms with Gasteiger partial charge in [0.15, 0.2) is 0 Å². The summed E-state index contributed by atoms with van der Waals surface area (Å²) in [6.07, 6.45) is 0.695. The van der Waals surface area contributed by atoms with Gasteiger partial charge >= 0.3 is 0 Å². The Labute approximate surface area is 126 Å². The van der Waals surface area contributed by atoms with E-state index in [1.807, 2.05) is 6.92 Å². The molecule has 1 amide bonds. The molecule has 6 heteroatoms. The van der Waals surface area contributed by atoms with E-state index >= 15 is 0 Å². The first kappa shape index (κ1) is 13.8. The van der Waals surface area contributed by atoms with Crippen molar-refractivity contribution >= 4 is 28.7 Å². The van der Waals surface area contributed by atoms with Gasteiger partial charge in [-0.25, -0.2) is 4.98 Å². The number of hydrogen-bond donors (Lipinski definition) is 0. The monoisotopic (exact) mass is 302 g/mol. The summed E-state index contributed by atoms with van der Waals surface area (Å²) in [5.74, 6) is -0.361. The number of nitrogens with zero attached hydrogens (tertiary/aromatic N) is 2. The third-order valence-corrected chi connectivity index (χ3v) is 4.58. The fourth-order valence-corrected chi connectivity index (χ4v) is 3.18. The topological polar surface area (TPSA) is 59.5 Å². The number of thiazole rings is 1. The van der Waals surface area contributed by atoms with Crippen LogP contribution in [0.25, 0.3) is 0 Å². The molecule has 0 radical (unpaired) electrons. The van der Waals surface area contributed by atoms with Gasteiger partial charge in [0, 0.05) is 17.8 Å². The minimum Gasteiger partial charge on any atom is -0.497 e. The third-order valence-electron chi connectivity index (χ3n) is 3.59. The molecule has 0 N–H and O–H groups in total. The van der Waals surface area contributed by atoms with Crippen LogP contribution >= 0.6 is 11.3 Å². The highest BCUT2D eigenvalue weighted by Gasteiger charge is 2.35. The van der Waals surface area contributed by atoms with E-state index in [0.29, 0.717) is 30.0 Å². The molecule has 3 rings (SSSR count). The Hall–Kier alpha value is -2.21. The number of hydrogen-bond acceptors (Lipinski definition) is 5. The Bertz CT molecular complexity index is 723. The Morgan fingerprint density at radius 2 is 2.14 bits per heavy atom. The average Bonchev–Trinajstić information content (AvgIpc) is 3.00. The van der Waals surface area contributed by atoms with Crippen LogP contribution in [0.5, 0.6) is 5.75 Å². The molecule has 0 aliphatic carbocycles. The second kappa shape index (κ2) is 5.29. The Morgan fingerprint density at radius 1 is 1.33 bits per heavy atom. The largest absolute Gasteiger partial charge is 0.497 e. The molecule has 1 aromatic heterocycles. The zero-order valence-electron chi connectivity index (χ0n) is 11.8. The van der Waals surface area contributed by atoms with E-state index in [-0.39, 0.29) is 0 Å². The molecule has 0 saturated heterocycles. The summed E-state index contributed by atoms with van der Waals surface area (Å²) in [6.45, 7) is 2.43. The molecular weight excluding hydrogens is 288 g/mol. The maximum absolute atomic E-state index is 12.1. The summed E-state index contributed by atoms with van der Waals surface area (Å²) in [5.41, 5.74) is 3.85. The van der Waals surface area contributed by atoms with E-state index in [0.717, 1.165) is 10.6 Å².